The molecule has 0 spiro atoms. The normalized spacial score (nSPS) is 0. The monoisotopic (exact) mass is 441 g/mol. The van der Waals surface area contributed by atoms with Gasteiger partial charge in [0.25, 0.3) is 0 Å². The first-order chi connectivity index (χ1) is 0. The molecule has 6 heavy (non-hydrogen) atoms. The first-order valence-corrected chi connectivity index (χ1v) is 0. The Balaban J connectivity index is 0. The van der Waals surface area contributed by atoms with Crippen LogP contribution in [-0.2, 0) is 92.4 Å². The van der Waals surface area contributed by atoms with E-state index in [0.29, 0.717) is 0 Å². The summed E-state index contributed by atoms with van der Waals surface area (Å²) in [5.41, 5.74) is 0. The van der Waals surface area contributed by atoms with Gasteiger partial charge in [-0.2, -0.15) is 0 Å². The van der Waals surface area contributed by atoms with Crippen LogP contribution < -0.4 is 0 Å². The summed E-state index contributed by atoms with van der Waals surface area (Å²) in [5, 5.41) is 0. The zero-order valence-corrected chi connectivity index (χ0v) is 10.5. The van der Waals surface area contributed by atoms with Crippen molar-refractivity contribution in [3.63, 3.8) is 0 Å². The van der Waals surface area contributed by atoms with Gasteiger partial charge in [0.2, 0.25) is 0 Å². The van der Waals surface area contributed by atoms with E-state index in [4.69, 9.17) is 0 Å². The predicted octanol–water partition coefficient (Wildman–Crippen LogP) is -2.65. The van der Waals surface area contributed by atoms with E-state index in [-0.39, 0.29) is 121 Å². The molecule has 0 rings (SSSR count). The summed E-state index contributed by atoms with van der Waals surface area (Å²) in [5.74, 6) is 0. The van der Waals surface area contributed by atoms with Gasteiger partial charge in [-0.3, -0.25) is 0 Å². The van der Waals surface area contributed by atoms with Crippen molar-refractivity contribution in [3.8, 4) is 0 Å². The standard InChI is InChI=1S/Al.Cr.Hf.Ni.H4Si.Y.3H/h;;;;1H4;;;;. The maximum absolute atomic E-state index is 0. The summed E-state index contributed by atoms with van der Waals surface area (Å²) in [6.07, 6.45) is 0. The molecule has 37 valence electrons. The molecule has 0 atom stereocenters. The first kappa shape index (κ1) is 53.1. The van der Waals surface area contributed by atoms with Crippen molar-refractivity contribution in [2.75, 3.05) is 0 Å². The Bertz CT molecular complexity index is 15.5. The average molecular weight is 440 g/mol. The molecule has 0 fully saturated rings. The summed E-state index contributed by atoms with van der Waals surface area (Å²) in [6, 6.07) is 0. The van der Waals surface area contributed by atoms with Gasteiger partial charge in [-0.25, -0.2) is 0 Å². The van der Waals surface area contributed by atoms with Gasteiger partial charge in [-0.05, 0) is 11.0 Å². The van der Waals surface area contributed by atoms with E-state index < -0.39 is 0 Å². The van der Waals surface area contributed by atoms with Crippen LogP contribution in [0.3, 0.4) is 0 Å². The van der Waals surface area contributed by atoms with E-state index in [1.165, 1.54) is 0 Å². The third kappa shape index (κ3) is 25.1. The SMILES string of the molecule is [AlH3].[Cr].[Hf].[Ni].[SiH4].[Y]. The average Bonchev–Trinajstić information content (AvgIpc) is 0. The third-order valence-electron chi connectivity index (χ3n) is 0. The first-order valence-electron chi connectivity index (χ1n) is 0. The number of hydrogen-bond donors (Lipinski definition) is 0. The molecule has 0 aliphatic carbocycles. The molecule has 0 aromatic heterocycles. The number of rotatable bonds is 0. The molecule has 6 heteroatoms. The second-order valence-corrected chi connectivity index (χ2v) is 0. The summed E-state index contributed by atoms with van der Waals surface area (Å²) in [4.78, 5) is 0. The van der Waals surface area contributed by atoms with E-state index in [0.717, 1.165) is 0 Å². The van der Waals surface area contributed by atoms with Crippen LogP contribution in [0.5, 0.6) is 0 Å². The Labute approximate surface area is 118 Å². The van der Waals surface area contributed by atoms with Crippen molar-refractivity contribution >= 4 is 28.3 Å². The molecule has 0 bridgehead atoms. The largest absolute Gasteiger partial charge is 0.187 e. The summed E-state index contributed by atoms with van der Waals surface area (Å²) in [7, 11) is 0. The van der Waals surface area contributed by atoms with Crippen molar-refractivity contribution in [2.45, 2.75) is 0 Å². The fourth-order valence-corrected chi connectivity index (χ4v) is 0. The van der Waals surface area contributed by atoms with E-state index in [1.807, 2.05) is 0 Å². The van der Waals surface area contributed by atoms with Gasteiger partial charge >= 0.3 is 0 Å². The van der Waals surface area contributed by atoms with Gasteiger partial charge in [0.05, 0.1) is 0 Å². The minimum Gasteiger partial charge on any atom is -0.0149 e. The Kier molecular flexibility index (Phi) is 331. The summed E-state index contributed by atoms with van der Waals surface area (Å²) in [6.45, 7) is 0. The van der Waals surface area contributed by atoms with E-state index in [1.54, 1.807) is 0 Å². The van der Waals surface area contributed by atoms with Gasteiger partial charge in [-0.1, -0.05) is 0 Å². The Morgan fingerprint density at radius 3 is 1.00 bits per heavy atom. The zero-order chi connectivity index (χ0) is 0. The van der Waals surface area contributed by atoms with E-state index in [9.17, 15) is 0 Å². The molecule has 0 aromatic carbocycles. The van der Waals surface area contributed by atoms with E-state index >= 15 is 0 Å². The molecule has 0 nitrogen and oxygen atoms in total. The van der Waals surface area contributed by atoms with Crippen LogP contribution >= 0.6 is 0 Å². The minimum absolute atomic E-state index is 0. The van der Waals surface area contributed by atoms with Crippen LogP contribution in [0.25, 0.3) is 0 Å². The molecule has 0 saturated carbocycles. The van der Waals surface area contributed by atoms with Crippen LogP contribution in [0.15, 0.2) is 0 Å². The molecule has 0 unspecified atom stereocenters. The van der Waals surface area contributed by atoms with Crippen LogP contribution in [0.1, 0.15) is 0 Å². The smallest absolute Gasteiger partial charge is 0.0149 e. The maximum atomic E-state index is 0. The zero-order valence-electron chi connectivity index (χ0n) is 1.80. The fourth-order valence-electron chi connectivity index (χ4n) is 0. The van der Waals surface area contributed by atoms with Crippen LogP contribution in [-0.4, -0.2) is 28.3 Å². The second kappa shape index (κ2) is 37.4. The minimum atomic E-state index is 0. The molecule has 0 aromatic rings. The van der Waals surface area contributed by atoms with Crippen LogP contribution in [0.2, 0.25) is 0 Å². The molecule has 0 amide bonds. The second-order valence-electron chi connectivity index (χ2n) is 0. The number of hydrogen-bond acceptors (Lipinski definition) is 0. The van der Waals surface area contributed by atoms with Crippen molar-refractivity contribution in [3.05, 3.63) is 0 Å². The maximum Gasteiger partial charge on any atom is 0.187 e. The van der Waals surface area contributed by atoms with Crippen LogP contribution in [0.4, 0.5) is 0 Å². The fraction of sp³-hybridized carbons (Fsp3) is 0. The van der Waals surface area contributed by atoms with Gasteiger partial charge in [0, 0.05) is 92.4 Å². The van der Waals surface area contributed by atoms with Gasteiger partial charge in [-0.15, -0.1) is 0 Å². The Hall–Kier alpha value is 3.75. The van der Waals surface area contributed by atoms with Crippen molar-refractivity contribution in [1.29, 1.82) is 0 Å². The van der Waals surface area contributed by atoms with Gasteiger partial charge < -0.3 is 0 Å². The molecule has 1 radical (unpaired) electrons. The predicted molar refractivity (Wildman–Crippen MR) is 21.3 cm³/mol. The van der Waals surface area contributed by atoms with Gasteiger partial charge in [0.15, 0.2) is 17.4 Å². The summed E-state index contributed by atoms with van der Waals surface area (Å²) < 4.78 is 0. The molecule has 0 aliphatic heterocycles. The Morgan fingerprint density at radius 2 is 1.00 bits per heavy atom. The molecule has 0 saturated heterocycles. The molecule has 0 N–H and O–H groups in total. The molecular weight excluding hydrogens is 433 g/mol. The van der Waals surface area contributed by atoms with E-state index in [2.05, 4.69) is 0 Å². The van der Waals surface area contributed by atoms with Crippen molar-refractivity contribution in [1.82, 2.24) is 0 Å². The third-order valence-corrected chi connectivity index (χ3v) is 0. The topological polar surface area (TPSA) is 0 Å². The van der Waals surface area contributed by atoms with Crippen molar-refractivity contribution in [2.24, 2.45) is 0 Å². The Morgan fingerprint density at radius 1 is 1.00 bits per heavy atom. The van der Waals surface area contributed by atoms with Gasteiger partial charge in [0.1, 0.15) is 0 Å². The summed E-state index contributed by atoms with van der Waals surface area (Å²) >= 11 is 0. The molecule has 0 aliphatic rings. The molecular formula is H7AlCrHfNiSiY. The quantitative estimate of drug-likeness (QED) is 0.362. The van der Waals surface area contributed by atoms with Crippen molar-refractivity contribution < 1.29 is 92.4 Å². The molecule has 0 heterocycles. The van der Waals surface area contributed by atoms with Crippen LogP contribution in [0, 0.1) is 0 Å².